The van der Waals surface area contributed by atoms with E-state index in [0.717, 1.165) is 44.0 Å². The van der Waals surface area contributed by atoms with Gasteiger partial charge in [-0.25, -0.2) is 4.79 Å². The average Bonchev–Trinajstić information content (AvgIpc) is 3.14. The van der Waals surface area contributed by atoms with E-state index in [4.69, 9.17) is 4.98 Å². The molecule has 3 aromatic rings. The number of aromatic nitrogens is 4. The number of hydrogen-bond donors (Lipinski definition) is 0. The van der Waals surface area contributed by atoms with Crippen LogP contribution in [-0.4, -0.2) is 25.2 Å². The van der Waals surface area contributed by atoms with Crippen LogP contribution in [0.2, 0.25) is 0 Å². The van der Waals surface area contributed by atoms with E-state index in [9.17, 15) is 9.59 Å². The van der Waals surface area contributed by atoms with E-state index in [0.29, 0.717) is 23.6 Å². The van der Waals surface area contributed by atoms with Crippen LogP contribution in [0.3, 0.4) is 0 Å². The summed E-state index contributed by atoms with van der Waals surface area (Å²) in [5, 5.41) is 0. The van der Waals surface area contributed by atoms with Gasteiger partial charge in [0, 0.05) is 32.4 Å². The molecule has 1 atom stereocenters. The quantitative estimate of drug-likeness (QED) is 0.540. The number of unbranched alkanes of at least 4 members (excludes halogenated alkanes) is 4. The summed E-state index contributed by atoms with van der Waals surface area (Å²) in [5.41, 5.74) is 2.76. The summed E-state index contributed by atoms with van der Waals surface area (Å²) in [7, 11) is 1.72. The number of benzene rings is 1. The summed E-state index contributed by atoms with van der Waals surface area (Å²) in [4.78, 5) is 33.3. The number of rotatable bonds is 7. The van der Waals surface area contributed by atoms with Crippen molar-refractivity contribution in [2.45, 2.75) is 66.0 Å². The molecule has 31 heavy (non-hydrogen) atoms. The molecule has 166 valence electrons. The molecular weight excluding hydrogens is 390 g/mol. The monoisotopic (exact) mass is 423 g/mol. The Balaban J connectivity index is 1.79. The lowest BCUT2D eigenvalue weighted by molar-refractivity contribution is 0.457. The van der Waals surface area contributed by atoms with Gasteiger partial charge in [0.25, 0.3) is 5.56 Å². The second kappa shape index (κ2) is 8.73. The van der Waals surface area contributed by atoms with Gasteiger partial charge in [0.05, 0.1) is 0 Å². The van der Waals surface area contributed by atoms with Crippen LogP contribution in [0.1, 0.15) is 51.5 Å². The minimum absolute atomic E-state index is 0.217. The van der Waals surface area contributed by atoms with Crippen molar-refractivity contribution < 1.29 is 0 Å². The first-order chi connectivity index (χ1) is 14.9. The molecule has 2 aromatic heterocycles. The zero-order valence-corrected chi connectivity index (χ0v) is 19.1. The SMILES string of the molecule is CCCCCCCn1c(=O)c2c(nc3n2CC(C)CN3c2ccc(C)cc2)n(C)c1=O. The second-order valence-electron chi connectivity index (χ2n) is 8.96. The van der Waals surface area contributed by atoms with Crippen LogP contribution < -0.4 is 16.1 Å². The van der Waals surface area contributed by atoms with Crippen molar-refractivity contribution in [3.63, 3.8) is 0 Å². The van der Waals surface area contributed by atoms with Crippen LogP contribution in [0.4, 0.5) is 11.6 Å². The number of anilines is 2. The van der Waals surface area contributed by atoms with Crippen molar-refractivity contribution in [1.82, 2.24) is 18.7 Å². The topological polar surface area (TPSA) is 65.1 Å². The summed E-state index contributed by atoms with van der Waals surface area (Å²) in [6.45, 7) is 8.44. The Labute approximate surface area is 182 Å². The van der Waals surface area contributed by atoms with Crippen molar-refractivity contribution in [2.24, 2.45) is 13.0 Å². The molecule has 0 bridgehead atoms. The van der Waals surface area contributed by atoms with Crippen molar-refractivity contribution >= 4 is 22.8 Å². The van der Waals surface area contributed by atoms with Crippen LogP contribution in [-0.2, 0) is 20.1 Å². The standard InChI is InChI=1S/C24H33N5O2/c1-5-6-7-8-9-14-27-22(30)20-21(26(4)24(27)31)25-23-28(15-18(3)16-29(20)23)19-12-10-17(2)11-13-19/h10-13,18H,5-9,14-16H2,1-4H3. The summed E-state index contributed by atoms with van der Waals surface area (Å²) >= 11 is 0. The van der Waals surface area contributed by atoms with E-state index in [2.05, 4.69) is 49.9 Å². The number of nitrogens with zero attached hydrogens (tertiary/aromatic N) is 5. The van der Waals surface area contributed by atoms with Gasteiger partial charge in [-0.05, 0) is 31.4 Å². The molecule has 7 heteroatoms. The third-order valence-electron chi connectivity index (χ3n) is 6.27. The molecule has 0 spiro atoms. The highest BCUT2D eigenvalue weighted by Crippen LogP contribution is 2.32. The Morgan fingerprint density at radius 1 is 1.03 bits per heavy atom. The Morgan fingerprint density at radius 2 is 1.74 bits per heavy atom. The predicted molar refractivity (Wildman–Crippen MR) is 125 cm³/mol. The highest BCUT2D eigenvalue weighted by Gasteiger charge is 2.29. The molecule has 1 aliphatic heterocycles. The first-order valence-electron chi connectivity index (χ1n) is 11.5. The van der Waals surface area contributed by atoms with Gasteiger partial charge >= 0.3 is 5.69 Å². The first kappa shape index (κ1) is 21.4. The van der Waals surface area contributed by atoms with Crippen LogP contribution >= 0.6 is 0 Å². The molecule has 0 radical (unpaired) electrons. The molecule has 0 fully saturated rings. The van der Waals surface area contributed by atoms with Gasteiger partial charge in [-0.15, -0.1) is 0 Å². The van der Waals surface area contributed by atoms with Gasteiger partial charge in [0.2, 0.25) is 5.95 Å². The fraction of sp³-hybridized carbons (Fsp3) is 0.542. The van der Waals surface area contributed by atoms with E-state index >= 15 is 0 Å². The lowest BCUT2D eigenvalue weighted by Gasteiger charge is -2.33. The molecule has 7 nitrogen and oxygen atoms in total. The van der Waals surface area contributed by atoms with E-state index in [1.165, 1.54) is 27.5 Å². The molecule has 1 aliphatic rings. The van der Waals surface area contributed by atoms with Crippen molar-refractivity contribution in [3.05, 3.63) is 50.7 Å². The molecule has 1 unspecified atom stereocenters. The Kier molecular flexibility index (Phi) is 6.03. The minimum atomic E-state index is -0.279. The second-order valence-corrected chi connectivity index (χ2v) is 8.96. The average molecular weight is 424 g/mol. The maximum atomic E-state index is 13.4. The molecule has 0 saturated carbocycles. The smallest absolute Gasteiger partial charge is 0.312 e. The van der Waals surface area contributed by atoms with E-state index in [1.54, 1.807) is 7.05 Å². The summed E-state index contributed by atoms with van der Waals surface area (Å²) < 4.78 is 4.95. The lowest BCUT2D eigenvalue weighted by Crippen LogP contribution is -2.40. The van der Waals surface area contributed by atoms with Gasteiger partial charge in [-0.1, -0.05) is 57.2 Å². The Hall–Kier alpha value is -2.83. The molecular formula is C24H33N5O2. The number of fused-ring (bicyclic) bond motifs is 3. The Bertz CT molecular complexity index is 1190. The minimum Gasteiger partial charge on any atom is -0.312 e. The van der Waals surface area contributed by atoms with Crippen molar-refractivity contribution in [1.29, 1.82) is 0 Å². The molecule has 0 saturated heterocycles. The van der Waals surface area contributed by atoms with E-state index in [-0.39, 0.29) is 11.2 Å². The highest BCUT2D eigenvalue weighted by molar-refractivity contribution is 5.77. The number of aryl methyl sites for hydroxylation is 2. The largest absolute Gasteiger partial charge is 0.332 e. The van der Waals surface area contributed by atoms with Crippen molar-refractivity contribution in [2.75, 3.05) is 11.4 Å². The highest BCUT2D eigenvalue weighted by atomic mass is 16.2. The Morgan fingerprint density at radius 3 is 2.45 bits per heavy atom. The molecule has 0 amide bonds. The molecule has 1 aromatic carbocycles. The van der Waals surface area contributed by atoms with Gasteiger partial charge < -0.3 is 9.47 Å². The fourth-order valence-electron chi connectivity index (χ4n) is 4.52. The summed E-state index contributed by atoms with van der Waals surface area (Å²) in [5.74, 6) is 1.09. The lowest BCUT2D eigenvalue weighted by atomic mass is 10.1. The summed E-state index contributed by atoms with van der Waals surface area (Å²) in [6.07, 6.45) is 5.37. The van der Waals surface area contributed by atoms with Gasteiger partial charge in [0.1, 0.15) is 0 Å². The normalized spacial score (nSPS) is 16.1. The summed E-state index contributed by atoms with van der Waals surface area (Å²) in [6, 6.07) is 8.35. The fourth-order valence-corrected chi connectivity index (χ4v) is 4.52. The third-order valence-corrected chi connectivity index (χ3v) is 6.27. The zero-order valence-electron chi connectivity index (χ0n) is 19.1. The predicted octanol–water partition coefficient (Wildman–Crippen LogP) is 3.96. The number of imidazole rings is 1. The molecule has 0 N–H and O–H groups in total. The zero-order chi connectivity index (χ0) is 22.1. The molecule has 4 rings (SSSR count). The molecule has 3 heterocycles. The van der Waals surface area contributed by atoms with Gasteiger partial charge in [-0.2, -0.15) is 4.98 Å². The van der Waals surface area contributed by atoms with Crippen LogP contribution in [0.5, 0.6) is 0 Å². The first-order valence-corrected chi connectivity index (χ1v) is 11.5. The van der Waals surface area contributed by atoms with Gasteiger partial charge in [-0.3, -0.25) is 13.9 Å². The van der Waals surface area contributed by atoms with Crippen molar-refractivity contribution in [3.8, 4) is 0 Å². The van der Waals surface area contributed by atoms with Crippen LogP contribution in [0.15, 0.2) is 33.9 Å². The number of hydrogen-bond acceptors (Lipinski definition) is 4. The van der Waals surface area contributed by atoms with Crippen LogP contribution in [0.25, 0.3) is 11.2 Å². The van der Waals surface area contributed by atoms with E-state index in [1.807, 2.05) is 4.57 Å². The molecule has 0 aliphatic carbocycles. The maximum absolute atomic E-state index is 13.4. The van der Waals surface area contributed by atoms with E-state index < -0.39 is 0 Å². The third kappa shape index (κ3) is 3.93. The van der Waals surface area contributed by atoms with Crippen LogP contribution in [0, 0.1) is 12.8 Å². The van der Waals surface area contributed by atoms with Gasteiger partial charge in [0.15, 0.2) is 11.2 Å². The maximum Gasteiger partial charge on any atom is 0.332 e.